The van der Waals surface area contributed by atoms with Crippen molar-refractivity contribution in [2.45, 2.75) is 6.18 Å². The molecule has 25 heavy (non-hydrogen) atoms. The summed E-state index contributed by atoms with van der Waals surface area (Å²) >= 11 is 5.84. The van der Waals surface area contributed by atoms with Gasteiger partial charge in [-0.05, 0) is 35.9 Å². The minimum Gasteiger partial charge on any atom is -0.368 e. The molecule has 0 unspecified atom stereocenters. The van der Waals surface area contributed by atoms with Crippen LogP contribution in [-0.4, -0.2) is 24.0 Å². The highest BCUT2D eigenvalue weighted by Gasteiger charge is 2.33. The Morgan fingerprint density at radius 3 is 2.72 bits per heavy atom. The highest BCUT2D eigenvalue weighted by Crippen LogP contribution is 2.33. The molecule has 1 aromatic carbocycles. The molecule has 2 rings (SSSR count). The summed E-state index contributed by atoms with van der Waals surface area (Å²) in [7, 11) is 0. The van der Waals surface area contributed by atoms with Crippen LogP contribution in [0.25, 0.3) is 6.08 Å². The monoisotopic (exact) mass is 369 g/mol. The number of rotatable bonds is 6. The van der Waals surface area contributed by atoms with E-state index in [1.165, 1.54) is 18.3 Å². The van der Waals surface area contributed by atoms with E-state index in [1.54, 1.807) is 30.3 Å². The molecule has 132 valence electrons. The van der Waals surface area contributed by atoms with Crippen molar-refractivity contribution in [3.63, 3.8) is 0 Å². The molecule has 1 aromatic heterocycles. The lowest BCUT2D eigenvalue weighted by Crippen LogP contribution is -2.27. The summed E-state index contributed by atoms with van der Waals surface area (Å²) < 4.78 is 38.4. The molecule has 1 heterocycles. The Hall–Kier alpha value is -2.54. The van der Waals surface area contributed by atoms with Gasteiger partial charge in [0.05, 0.1) is 5.56 Å². The Balaban J connectivity index is 1.81. The SMILES string of the molecule is O=C(C=Cc1cccc(Cl)c1)NCCNc1ncccc1C(F)(F)F. The number of alkyl halides is 3. The van der Waals surface area contributed by atoms with E-state index in [0.29, 0.717) is 5.02 Å². The Kier molecular flexibility index (Phi) is 6.41. The summed E-state index contributed by atoms with van der Waals surface area (Å²) in [4.78, 5) is 15.4. The summed E-state index contributed by atoms with van der Waals surface area (Å²) in [6, 6.07) is 9.13. The molecule has 0 bridgehead atoms. The number of hydrogen-bond acceptors (Lipinski definition) is 3. The second-order valence-corrected chi connectivity index (χ2v) is 5.44. The number of aromatic nitrogens is 1. The van der Waals surface area contributed by atoms with E-state index >= 15 is 0 Å². The Morgan fingerprint density at radius 1 is 1.20 bits per heavy atom. The maximum Gasteiger partial charge on any atom is 0.419 e. The van der Waals surface area contributed by atoms with Crippen LogP contribution < -0.4 is 10.6 Å². The van der Waals surface area contributed by atoms with E-state index < -0.39 is 11.7 Å². The lowest BCUT2D eigenvalue weighted by atomic mass is 10.2. The fraction of sp³-hybridized carbons (Fsp3) is 0.176. The van der Waals surface area contributed by atoms with Gasteiger partial charge in [-0.25, -0.2) is 4.98 Å². The van der Waals surface area contributed by atoms with Crippen molar-refractivity contribution < 1.29 is 18.0 Å². The Labute approximate surface area is 147 Å². The number of nitrogens with one attached hydrogen (secondary N) is 2. The zero-order chi connectivity index (χ0) is 18.3. The lowest BCUT2D eigenvalue weighted by Gasteiger charge is -2.13. The number of halogens is 4. The predicted octanol–water partition coefficient (Wildman–Crippen LogP) is 4.00. The van der Waals surface area contributed by atoms with Gasteiger partial charge < -0.3 is 10.6 Å². The predicted molar refractivity (Wildman–Crippen MR) is 91.2 cm³/mol. The van der Waals surface area contributed by atoms with E-state index in [4.69, 9.17) is 11.6 Å². The van der Waals surface area contributed by atoms with E-state index in [1.807, 2.05) is 0 Å². The number of pyridine rings is 1. The third kappa shape index (κ3) is 6.11. The van der Waals surface area contributed by atoms with Crippen LogP contribution in [0.2, 0.25) is 5.02 Å². The molecule has 8 heteroatoms. The number of carbonyl (C=O) groups is 1. The van der Waals surface area contributed by atoms with E-state index in [0.717, 1.165) is 11.6 Å². The van der Waals surface area contributed by atoms with Crippen molar-refractivity contribution in [2.75, 3.05) is 18.4 Å². The van der Waals surface area contributed by atoms with Gasteiger partial charge in [0, 0.05) is 30.4 Å². The quantitative estimate of drug-likeness (QED) is 0.598. The van der Waals surface area contributed by atoms with Crippen LogP contribution >= 0.6 is 11.6 Å². The van der Waals surface area contributed by atoms with Crippen LogP contribution in [-0.2, 0) is 11.0 Å². The second-order valence-electron chi connectivity index (χ2n) is 5.00. The van der Waals surface area contributed by atoms with Gasteiger partial charge in [-0.2, -0.15) is 13.2 Å². The number of anilines is 1. The average molecular weight is 370 g/mol. The highest BCUT2D eigenvalue weighted by atomic mass is 35.5. The van der Waals surface area contributed by atoms with Crippen molar-refractivity contribution in [1.82, 2.24) is 10.3 Å². The molecule has 0 aliphatic rings. The lowest BCUT2D eigenvalue weighted by molar-refractivity contribution is -0.137. The largest absolute Gasteiger partial charge is 0.419 e. The summed E-state index contributed by atoms with van der Waals surface area (Å²) in [5.41, 5.74) is -0.0775. The van der Waals surface area contributed by atoms with Crippen LogP contribution in [0.4, 0.5) is 19.0 Å². The average Bonchev–Trinajstić information content (AvgIpc) is 2.56. The van der Waals surface area contributed by atoms with Gasteiger partial charge in [-0.15, -0.1) is 0 Å². The molecule has 2 aromatic rings. The first-order valence-electron chi connectivity index (χ1n) is 7.34. The zero-order valence-electron chi connectivity index (χ0n) is 13.0. The normalized spacial score (nSPS) is 11.5. The maximum absolute atomic E-state index is 12.8. The first-order valence-corrected chi connectivity index (χ1v) is 7.71. The van der Waals surface area contributed by atoms with Gasteiger partial charge in [0.15, 0.2) is 0 Å². The van der Waals surface area contributed by atoms with Gasteiger partial charge in [0.25, 0.3) is 0 Å². The Morgan fingerprint density at radius 2 is 2.00 bits per heavy atom. The second kappa shape index (κ2) is 8.53. The van der Waals surface area contributed by atoms with Gasteiger partial charge in [-0.3, -0.25) is 4.79 Å². The van der Waals surface area contributed by atoms with Crippen LogP contribution in [0.1, 0.15) is 11.1 Å². The van der Waals surface area contributed by atoms with Crippen LogP contribution in [0.15, 0.2) is 48.7 Å². The molecule has 0 aliphatic carbocycles. The Bertz CT molecular complexity index is 763. The summed E-state index contributed by atoms with van der Waals surface area (Å²) in [5.74, 6) is -0.627. The maximum atomic E-state index is 12.8. The number of carbonyl (C=O) groups excluding carboxylic acids is 1. The molecule has 2 N–H and O–H groups in total. The number of nitrogens with zero attached hydrogens (tertiary/aromatic N) is 1. The molecule has 0 spiro atoms. The van der Waals surface area contributed by atoms with Crippen LogP contribution in [0.3, 0.4) is 0 Å². The van der Waals surface area contributed by atoms with Gasteiger partial charge >= 0.3 is 6.18 Å². The smallest absolute Gasteiger partial charge is 0.368 e. The van der Waals surface area contributed by atoms with Crippen LogP contribution in [0, 0.1) is 0 Å². The molecule has 0 fully saturated rings. The fourth-order valence-corrected chi connectivity index (χ4v) is 2.18. The molecular formula is C17H15ClF3N3O. The molecule has 0 saturated carbocycles. The topological polar surface area (TPSA) is 54.0 Å². The third-order valence-corrected chi connectivity index (χ3v) is 3.34. The van der Waals surface area contributed by atoms with E-state index in [-0.39, 0.29) is 24.8 Å². The van der Waals surface area contributed by atoms with E-state index in [9.17, 15) is 18.0 Å². The summed E-state index contributed by atoms with van der Waals surface area (Å²) in [6.07, 6.45) is -0.299. The molecule has 0 radical (unpaired) electrons. The first-order chi connectivity index (χ1) is 11.9. The first kappa shape index (κ1) is 18.8. The number of benzene rings is 1. The minimum absolute atomic E-state index is 0.108. The summed E-state index contributed by atoms with van der Waals surface area (Å²) in [6.45, 7) is 0.253. The van der Waals surface area contributed by atoms with Crippen LogP contribution in [0.5, 0.6) is 0 Å². The van der Waals surface area contributed by atoms with Crippen molar-refractivity contribution >= 4 is 29.4 Å². The van der Waals surface area contributed by atoms with E-state index in [2.05, 4.69) is 15.6 Å². The van der Waals surface area contributed by atoms with Gasteiger partial charge in [0.1, 0.15) is 5.82 Å². The molecular weight excluding hydrogens is 355 g/mol. The summed E-state index contributed by atoms with van der Waals surface area (Å²) in [5, 5.41) is 5.69. The van der Waals surface area contributed by atoms with Crippen molar-refractivity contribution in [1.29, 1.82) is 0 Å². The molecule has 0 saturated heterocycles. The molecule has 0 atom stereocenters. The minimum atomic E-state index is -4.49. The number of hydrogen-bond donors (Lipinski definition) is 2. The molecule has 1 amide bonds. The highest BCUT2D eigenvalue weighted by molar-refractivity contribution is 6.30. The van der Waals surface area contributed by atoms with Crippen molar-refractivity contribution in [3.8, 4) is 0 Å². The van der Waals surface area contributed by atoms with Crippen molar-refractivity contribution in [3.05, 3.63) is 64.8 Å². The zero-order valence-corrected chi connectivity index (χ0v) is 13.7. The molecule has 4 nitrogen and oxygen atoms in total. The third-order valence-electron chi connectivity index (χ3n) is 3.11. The molecule has 0 aliphatic heterocycles. The standard InChI is InChI=1S/C17H15ClF3N3O/c18-13-4-1-3-12(11-13)6-7-15(25)22-9-10-24-16-14(17(19,20)21)5-2-8-23-16/h1-8,11H,9-10H2,(H,22,25)(H,23,24). The van der Waals surface area contributed by atoms with Gasteiger partial charge in [0.2, 0.25) is 5.91 Å². The number of amides is 1. The fourth-order valence-electron chi connectivity index (χ4n) is 1.98. The van der Waals surface area contributed by atoms with Crippen molar-refractivity contribution in [2.24, 2.45) is 0 Å². The van der Waals surface area contributed by atoms with Gasteiger partial charge in [-0.1, -0.05) is 23.7 Å².